The predicted octanol–water partition coefficient (Wildman–Crippen LogP) is -0.901. The fraction of sp³-hybridized carbons (Fsp3) is 0.500. The number of anilines is 1. The van der Waals surface area contributed by atoms with Crippen molar-refractivity contribution in [3.63, 3.8) is 0 Å². The molecule has 2 heterocycles. The normalized spacial score (nSPS) is 13.0. The van der Waals surface area contributed by atoms with Crippen LogP contribution in [0.2, 0.25) is 0 Å². The number of aromatic amines is 1. The molecule has 0 aliphatic carbocycles. The molecule has 0 aromatic carbocycles. The topological polar surface area (TPSA) is 119 Å². The van der Waals surface area contributed by atoms with Gasteiger partial charge in [-0.3, -0.25) is 9.78 Å². The summed E-state index contributed by atoms with van der Waals surface area (Å²) in [6, 6.07) is 0. The van der Waals surface area contributed by atoms with Crippen LogP contribution in [0.1, 0.15) is 6.42 Å². The highest BCUT2D eigenvalue weighted by atomic mass is 16.5. The lowest BCUT2D eigenvalue weighted by Gasteiger charge is -2.12. The van der Waals surface area contributed by atoms with E-state index in [1.165, 1.54) is 13.4 Å². The SMILES string of the molecule is CO[C@H](CO)CCn1cnc2c(=O)[nH]c(N)nc21. The number of imidazole rings is 1. The summed E-state index contributed by atoms with van der Waals surface area (Å²) in [4.78, 5) is 22.0. The number of hydrogen-bond acceptors (Lipinski definition) is 6. The molecule has 0 radical (unpaired) electrons. The lowest BCUT2D eigenvalue weighted by Crippen LogP contribution is -2.18. The van der Waals surface area contributed by atoms with E-state index in [9.17, 15) is 4.79 Å². The summed E-state index contributed by atoms with van der Waals surface area (Å²) >= 11 is 0. The third-order valence-electron chi connectivity index (χ3n) is 2.72. The second kappa shape index (κ2) is 5.15. The van der Waals surface area contributed by atoms with Gasteiger partial charge in [0.25, 0.3) is 5.56 Å². The summed E-state index contributed by atoms with van der Waals surface area (Å²) in [5.74, 6) is 0.0553. The molecule has 0 aliphatic rings. The molecule has 0 amide bonds. The van der Waals surface area contributed by atoms with Crippen LogP contribution in [0.3, 0.4) is 0 Å². The minimum Gasteiger partial charge on any atom is -0.394 e. The molecule has 18 heavy (non-hydrogen) atoms. The molecule has 2 aromatic rings. The Balaban J connectivity index is 2.27. The van der Waals surface area contributed by atoms with Crippen LogP contribution >= 0.6 is 0 Å². The molecule has 1 atom stereocenters. The van der Waals surface area contributed by atoms with Crippen molar-refractivity contribution in [1.82, 2.24) is 19.5 Å². The van der Waals surface area contributed by atoms with Gasteiger partial charge >= 0.3 is 0 Å². The molecule has 0 spiro atoms. The summed E-state index contributed by atoms with van der Waals surface area (Å²) in [7, 11) is 1.54. The van der Waals surface area contributed by atoms with E-state index in [-0.39, 0.29) is 29.7 Å². The van der Waals surface area contributed by atoms with Gasteiger partial charge in [0.05, 0.1) is 19.0 Å². The number of fused-ring (bicyclic) bond motifs is 1. The number of aryl methyl sites for hydroxylation is 1. The first-order valence-corrected chi connectivity index (χ1v) is 5.50. The monoisotopic (exact) mass is 253 g/mol. The number of aliphatic hydroxyl groups is 1. The molecule has 4 N–H and O–H groups in total. The molecule has 2 aromatic heterocycles. The van der Waals surface area contributed by atoms with Crippen molar-refractivity contribution in [1.29, 1.82) is 0 Å². The number of aromatic nitrogens is 4. The summed E-state index contributed by atoms with van der Waals surface area (Å²) in [6.45, 7) is 0.477. The van der Waals surface area contributed by atoms with Crippen LogP contribution in [-0.2, 0) is 11.3 Å². The first kappa shape index (κ1) is 12.5. The number of ether oxygens (including phenoxy) is 1. The number of H-pyrrole nitrogens is 1. The quantitative estimate of drug-likeness (QED) is 0.635. The summed E-state index contributed by atoms with van der Waals surface area (Å²) in [5.41, 5.74) is 5.82. The van der Waals surface area contributed by atoms with Gasteiger partial charge in [-0.15, -0.1) is 0 Å². The van der Waals surface area contributed by atoms with Crippen LogP contribution in [-0.4, -0.2) is 44.4 Å². The van der Waals surface area contributed by atoms with Crippen LogP contribution < -0.4 is 11.3 Å². The van der Waals surface area contributed by atoms with Crippen molar-refractivity contribution >= 4 is 17.1 Å². The number of hydrogen-bond donors (Lipinski definition) is 3. The predicted molar refractivity (Wildman–Crippen MR) is 65.1 cm³/mol. The Kier molecular flexibility index (Phi) is 3.58. The molecule has 0 unspecified atom stereocenters. The minimum absolute atomic E-state index is 0.0553. The van der Waals surface area contributed by atoms with E-state index in [0.29, 0.717) is 18.6 Å². The maximum atomic E-state index is 11.5. The molecule has 0 bridgehead atoms. The maximum Gasteiger partial charge on any atom is 0.280 e. The molecule has 0 fully saturated rings. The van der Waals surface area contributed by atoms with Crippen molar-refractivity contribution in [2.24, 2.45) is 0 Å². The highest BCUT2D eigenvalue weighted by Crippen LogP contribution is 2.08. The van der Waals surface area contributed by atoms with Gasteiger partial charge in [0.2, 0.25) is 5.95 Å². The maximum absolute atomic E-state index is 11.5. The molecular weight excluding hydrogens is 238 g/mol. The Labute approximate surface area is 102 Å². The smallest absolute Gasteiger partial charge is 0.280 e. The first-order chi connectivity index (χ1) is 8.65. The molecule has 8 heteroatoms. The van der Waals surface area contributed by atoms with Crippen LogP contribution in [0.5, 0.6) is 0 Å². The Hall–Kier alpha value is -1.93. The molecule has 0 saturated carbocycles. The van der Waals surface area contributed by atoms with E-state index < -0.39 is 0 Å². The van der Waals surface area contributed by atoms with Gasteiger partial charge in [0.15, 0.2) is 11.2 Å². The highest BCUT2D eigenvalue weighted by Gasteiger charge is 2.11. The van der Waals surface area contributed by atoms with E-state index >= 15 is 0 Å². The van der Waals surface area contributed by atoms with Crippen molar-refractivity contribution in [2.75, 3.05) is 19.5 Å². The zero-order chi connectivity index (χ0) is 13.1. The standard InChI is InChI=1S/C10H15N5O3/c1-18-6(4-16)2-3-15-5-12-7-8(15)13-10(11)14-9(7)17/h5-6,16H,2-4H2,1H3,(H3,11,13,14,17)/t6-/m0/s1. The van der Waals surface area contributed by atoms with Gasteiger partial charge in [-0.25, -0.2) is 4.98 Å². The number of rotatable bonds is 5. The summed E-state index contributed by atoms with van der Waals surface area (Å²) in [5, 5.41) is 9.02. The van der Waals surface area contributed by atoms with Crippen molar-refractivity contribution in [3.05, 3.63) is 16.7 Å². The van der Waals surface area contributed by atoms with E-state index in [4.69, 9.17) is 15.6 Å². The summed E-state index contributed by atoms with van der Waals surface area (Å²) < 4.78 is 6.77. The van der Waals surface area contributed by atoms with Gasteiger partial charge in [0, 0.05) is 13.7 Å². The van der Waals surface area contributed by atoms with Gasteiger partial charge in [-0.1, -0.05) is 0 Å². The van der Waals surface area contributed by atoms with Crippen LogP contribution in [0.4, 0.5) is 5.95 Å². The van der Waals surface area contributed by atoms with Crippen LogP contribution in [0.25, 0.3) is 11.2 Å². The third-order valence-corrected chi connectivity index (χ3v) is 2.72. The minimum atomic E-state index is -0.360. The van der Waals surface area contributed by atoms with Crippen molar-refractivity contribution in [2.45, 2.75) is 19.1 Å². The molecule has 2 rings (SSSR count). The molecule has 8 nitrogen and oxygen atoms in total. The number of methoxy groups -OCH3 is 1. The Bertz CT molecular complexity index is 587. The number of nitrogens with two attached hydrogens (primary N) is 1. The largest absolute Gasteiger partial charge is 0.394 e. The Morgan fingerprint density at radius 3 is 3.11 bits per heavy atom. The number of nitrogens with zero attached hydrogens (tertiary/aromatic N) is 3. The lowest BCUT2D eigenvalue weighted by molar-refractivity contribution is 0.0405. The average molecular weight is 253 g/mol. The van der Waals surface area contributed by atoms with E-state index in [0.717, 1.165) is 0 Å². The fourth-order valence-corrected chi connectivity index (χ4v) is 1.70. The zero-order valence-electron chi connectivity index (χ0n) is 9.96. The van der Waals surface area contributed by atoms with E-state index in [2.05, 4.69) is 15.0 Å². The van der Waals surface area contributed by atoms with Gasteiger partial charge in [0.1, 0.15) is 0 Å². The number of nitrogens with one attached hydrogen (secondary N) is 1. The lowest BCUT2D eigenvalue weighted by atomic mass is 10.2. The van der Waals surface area contributed by atoms with Crippen LogP contribution in [0, 0.1) is 0 Å². The van der Waals surface area contributed by atoms with Gasteiger partial charge in [-0.2, -0.15) is 4.98 Å². The number of nitrogen functional groups attached to an aromatic ring is 1. The third kappa shape index (κ3) is 2.34. The number of aliphatic hydroxyl groups excluding tert-OH is 1. The summed E-state index contributed by atoms with van der Waals surface area (Å²) in [6.07, 6.45) is 1.87. The molecule has 0 saturated heterocycles. The van der Waals surface area contributed by atoms with Gasteiger partial charge < -0.3 is 20.1 Å². The second-order valence-electron chi connectivity index (χ2n) is 3.89. The Morgan fingerprint density at radius 1 is 1.67 bits per heavy atom. The second-order valence-corrected chi connectivity index (χ2v) is 3.89. The average Bonchev–Trinajstić information content (AvgIpc) is 2.74. The van der Waals surface area contributed by atoms with Crippen molar-refractivity contribution in [3.8, 4) is 0 Å². The molecule has 98 valence electrons. The zero-order valence-corrected chi connectivity index (χ0v) is 9.96. The Morgan fingerprint density at radius 2 is 2.44 bits per heavy atom. The highest BCUT2D eigenvalue weighted by molar-refractivity contribution is 5.70. The van der Waals surface area contributed by atoms with Crippen LogP contribution in [0.15, 0.2) is 11.1 Å². The molecule has 0 aliphatic heterocycles. The van der Waals surface area contributed by atoms with E-state index in [1.54, 1.807) is 4.57 Å². The van der Waals surface area contributed by atoms with Crippen molar-refractivity contribution < 1.29 is 9.84 Å². The first-order valence-electron chi connectivity index (χ1n) is 5.50. The molecular formula is C10H15N5O3. The van der Waals surface area contributed by atoms with E-state index in [1.807, 2.05) is 0 Å². The fourth-order valence-electron chi connectivity index (χ4n) is 1.70. The van der Waals surface area contributed by atoms with Gasteiger partial charge in [-0.05, 0) is 6.42 Å².